The summed E-state index contributed by atoms with van der Waals surface area (Å²) in [5.41, 5.74) is 9.48. The molecule has 0 spiro atoms. The van der Waals surface area contributed by atoms with E-state index in [1.165, 1.54) is 11.1 Å². The molecule has 1 aromatic rings. The van der Waals surface area contributed by atoms with Gasteiger partial charge in [-0.25, -0.2) is 10.5 Å². The van der Waals surface area contributed by atoms with Crippen LogP contribution in [0.15, 0.2) is 24.3 Å². The van der Waals surface area contributed by atoms with Crippen LogP contribution in [0.5, 0.6) is 0 Å². The third kappa shape index (κ3) is 1.49. The summed E-state index contributed by atoms with van der Waals surface area (Å²) in [7, 11) is 0. The Morgan fingerprint density at radius 3 is 2.69 bits per heavy atom. The molecule has 3 nitrogen and oxygen atoms in total. The van der Waals surface area contributed by atoms with Gasteiger partial charge in [0.2, 0.25) is 0 Å². The number of nitrogens with zero attached hydrogens (tertiary/aromatic N) is 1. The smallest absolute Gasteiger partial charge is 0.319 e. The number of hydrogen-bond donors (Lipinski definition) is 0. The fourth-order valence-electron chi connectivity index (χ4n) is 1.67. The summed E-state index contributed by atoms with van der Waals surface area (Å²) in [4.78, 5) is 12.4. The lowest BCUT2D eigenvalue weighted by Crippen LogP contribution is -2.35. The molecule has 1 aliphatic rings. The summed E-state index contributed by atoms with van der Waals surface area (Å²) in [5.74, 6) is 0. The molecule has 13 heavy (non-hydrogen) atoms. The number of nitrogens with one attached hydrogen (secondary N) is 1. The molecule has 1 N–H and O–H groups in total. The van der Waals surface area contributed by atoms with Crippen LogP contribution >= 0.6 is 0 Å². The van der Waals surface area contributed by atoms with Gasteiger partial charge in [-0.15, -0.1) is 0 Å². The Labute approximate surface area is 77.1 Å². The summed E-state index contributed by atoms with van der Waals surface area (Å²) in [6.07, 6.45) is 0.876. The molecule has 1 radical (unpaired) electrons. The summed E-state index contributed by atoms with van der Waals surface area (Å²) >= 11 is 0. The van der Waals surface area contributed by atoms with Crippen LogP contribution in [0.4, 0.5) is 4.79 Å². The zero-order valence-corrected chi connectivity index (χ0v) is 7.29. The quantitative estimate of drug-likeness (QED) is 0.588. The molecule has 0 aliphatic carbocycles. The number of benzene rings is 1. The number of urea groups is 1. The Morgan fingerprint density at radius 1 is 1.31 bits per heavy atom. The Morgan fingerprint density at radius 2 is 2.00 bits per heavy atom. The number of rotatable bonds is 0. The predicted octanol–water partition coefficient (Wildman–Crippen LogP) is 1.45. The lowest BCUT2D eigenvalue weighted by Gasteiger charge is -2.26. The van der Waals surface area contributed by atoms with Gasteiger partial charge in [-0.2, -0.15) is 0 Å². The van der Waals surface area contributed by atoms with Crippen molar-refractivity contribution >= 4 is 6.03 Å². The van der Waals surface area contributed by atoms with Gasteiger partial charge >= 0.3 is 6.03 Å². The van der Waals surface area contributed by atoms with Crippen molar-refractivity contribution in [3.8, 4) is 0 Å². The number of hydrogen-bond acceptors (Lipinski definition) is 1. The van der Waals surface area contributed by atoms with Gasteiger partial charge in [-0.1, -0.05) is 24.3 Å². The molecule has 0 atom stereocenters. The van der Waals surface area contributed by atoms with Crippen molar-refractivity contribution in [3.63, 3.8) is 0 Å². The van der Waals surface area contributed by atoms with Crippen LogP contribution in [0, 0.1) is 0 Å². The minimum Gasteiger partial charge on any atom is -0.319 e. The van der Waals surface area contributed by atoms with Gasteiger partial charge in [0.05, 0.1) is 0 Å². The van der Waals surface area contributed by atoms with E-state index in [1.54, 1.807) is 4.90 Å². The van der Waals surface area contributed by atoms with Gasteiger partial charge in [0, 0.05) is 13.1 Å². The molecule has 3 heteroatoms. The largest absolute Gasteiger partial charge is 0.336 e. The maximum Gasteiger partial charge on any atom is 0.336 e. The highest BCUT2D eigenvalue weighted by Gasteiger charge is 2.17. The van der Waals surface area contributed by atoms with Gasteiger partial charge in [-0.05, 0) is 17.5 Å². The normalized spacial score (nSPS) is 15.2. The van der Waals surface area contributed by atoms with Crippen LogP contribution in [0.1, 0.15) is 11.1 Å². The maximum absolute atomic E-state index is 10.8. The molecular formula is C10H11N2O. The number of amides is 2. The molecule has 1 aliphatic heterocycles. The van der Waals surface area contributed by atoms with Gasteiger partial charge in [0.25, 0.3) is 0 Å². The first-order chi connectivity index (χ1) is 6.27. The highest BCUT2D eigenvalue weighted by molar-refractivity contribution is 5.71. The van der Waals surface area contributed by atoms with E-state index in [0.717, 1.165) is 6.42 Å². The van der Waals surface area contributed by atoms with E-state index in [1.807, 2.05) is 18.2 Å². The Bertz CT molecular complexity index is 335. The first-order valence-electron chi connectivity index (χ1n) is 4.34. The van der Waals surface area contributed by atoms with Crippen LogP contribution in [-0.2, 0) is 13.0 Å². The van der Waals surface area contributed by atoms with Crippen LogP contribution in [0.3, 0.4) is 0 Å². The summed E-state index contributed by atoms with van der Waals surface area (Å²) in [5, 5.41) is 0. The first kappa shape index (κ1) is 8.10. The first-order valence-corrected chi connectivity index (χ1v) is 4.34. The zero-order valence-electron chi connectivity index (χ0n) is 7.29. The maximum atomic E-state index is 10.8. The second-order valence-electron chi connectivity index (χ2n) is 3.25. The van der Waals surface area contributed by atoms with Crippen molar-refractivity contribution < 1.29 is 4.79 Å². The average Bonchev–Trinajstić information content (AvgIpc) is 2.17. The lowest BCUT2D eigenvalue weighted by atomic mass is 10.0. The van der Waals surface area contributed by atoms with E-state index < -0.39 is 6.03 Å². The van der Waals surface area contributed by atoms with Crippen molar-refractivity contribution in [3.05, 3.63) is 35.4 Å². The molecule has 0 unspecified atom stereocenters. The van der Waals surface area contributed by atoms with E-state index in [0.29, 0.717) is 13.1 Å². The molecule has 0 fully saturated rings. The molecular weight excluding hydrogens is 164 g/mol. The fraction of sp³-hybridized carbons (Fsp3) is 0.300. The van der Waals surface area contributed by atoms with E-state index in [9.17, 15) is 4.79 Å². The molecule has 0 saturated carbocycles. The Kier molecular flexibility index (Phi) is 1.93. The summed E-state index contributed by atoms with van der Waals surface area (Å²) < 4.78 is 0. The second-order valence-corrected chi connectivity index (χ2v) is 3.25. The Hall–Kier alpha value is -1.51. The molecule has 1 aromatic carbocycles. The molecule has 2 amide bonds. The highest BCUT2D eigenvalue weighted by atomic mass is 16.2. The average molecular weight is 175 g/mol. The molecule has 0 aromatic heterocycles. The van der Waals surface area contributed by atoms with E-state index in [4.69, 9.17) is 5.73 Å². The summed E-state index contributed by atoms with van der Waals surface area (Å²) in [6.45, 7) is 1.28. The van der Waals surface area contributed by atoms with Crippen molar-refractivity contribution in [2.45, 2.75) is 13.0 Å². The molecule has 0 saturated heterocycles. The van der Waals surface area contributed by atoms with Crippen LogP contribution in [-0.4, -0.2) is 17.5 Å². The van der Waals surface area contributed by atoms with Crippen molar-refractivity contribution in [1.29, 1.82) is 0 Å². The van der Waals surface area contributed by atoms with Crippen molar-refractivity contribution in [2.24, 2.45) is 0 Å². The standard InChI is InChI=1S/C10H11N2O/c11-10(13)12-6-5-8-3-1-2-4-9(8)7-12/h1-4,11H,5-7H2. The highest BCUT2D eigenvalue weighted by Crippen LogP contribution is 2.17. The van der Waals surface area contributed by atoms with Crippen molar-refractivity contribution in [1.82, 2.24) is 10.6 Å². The molecule has 67 valence electrons. The van der Waals surface area contributed by atoms with E-state index in [2.05, 4.69) is 6.07 Å². The minimum absolute atomic E-state index is 0.575. The molecule has 2 rings (SSSR count). The monoisotopic (exact) mass is 175 g/mol. The third-order valence-electron chi connectivity index (χ3n) is 2.42. The van der Waals surface area contributed by atoms with E-state index >= 15 is 0 Å². The van der Waals surface area contributed by atoms with Crippen LogP contribution in [0.2, 0.25) is 0 Å². The SMILES string of the molecule is [NH]C(=O)N1CCc2ccccc2C1. The number of carbonyl (C=O) groups is 1. The topological polar surface area (TPSA) is 44.1 Å². The predicted molar refractivity (Wildman–Crippen MR) is 49.0 cm³/mol. The molecule has 1 heterocycles. The molecule has 0 bridgehead atoms. The van der Waals surface area contributed by atoms with Gasteiger partial charge in [0.1, 0.15) is 0 Å². The Balaban J connectivity index is 2.24. The van der Waals surface area contributed by atoms with Crippen LogP contribution in [0.25, 0.3) is 0 Å². The fourth-order valence-corrected chi connectivity index (χ4v) is 1.67. The zero-order chi connectivity index (χ0) is 9.26. The third-order valence-corrected chi connectivity index (χ3v) is 2.42. The number of carbonyl (C=O) groups excluding carboxylic acids is 1. The van der Waals surface area contributed by atoms with Gasteiger partial charge in [0.15, 0.2) is 0 Å². The van der Waals surface area contributed by atoms with Crippen molar-refractivity contribution in [2.75, 3.05) is 6.54 Å². The van der Waals surface area contributed by atoms with E-state index in [-0.39, 0.29) is 0 Å². The van der Waals surface area contributed by atoms with Gasteiger partial charge in [-0.3, -0.25) is 0 Å². The summed E-state index contributed by atoms with van der Waals surface area (Å²) in [6, 6.07) is 7.51. The second kappa shape index (κ2) is 3.09. The van der Waals surface area contributed by atoms with Crippen LogP contribution < -0.4 is 5.73 Å². The lowest BCUT2D eigenvalue weighted by molar-refractivity contribution is 0.200. The number of fused-ring (bicyclic) bond motifs is 1. The minimum atomic E-state index is -0.575. The van der Waals surface area contributed by atoms with Gasteiger partial charge < -0.3 is 4.90 Å².